The van der Waals surface area contributed by atoms with E-state index >= 15 is 0 Å². The van der Waals surface area contributed by atoms with Crippen LogP contribution in [0.5, 0.6) is 5.75 Å². The van der Waals surface area contributed by atoms with Crippen molar-refractivity contribution in [1.29, 1.82) is 0 Å². The molecule has 7 heteroatoms. The SMILES string of the molecule is COc1ccc(C)cc1NC(=O)c1cc(Nc2cccc(C(C)=O)c2)ncn1. The smallest absolute Gasteiger partial charge is 0.274 e. The number of aromatic nitrogens is 2. The molecule has 0 aliphatic heterocycles. The number of nitrogens with one attached hydrogen (secondary N) is 2. The molecule has 0 unspecified atom stereocenters. The summed E-state index contributed by atoms with van der Waals surface area (Å²) in [4.78, 5) is 32.3. The van der Waals surface area contributed by atoms with Crippen LogP contribution in [-0.4, -0.2) is 28.8 Å². The third-order valence-electron chi connectivity index (χ3n) is 4.04. The van der Waals surface area contributed by atoms with E-state index in [9.17, 15) is 9.59 Å². The number of ether oxygens (including phenoxy) is 1. The maximum atomic E-state index is 12.6. The van der Waals surface area contributed by atoms with Gasteiger partial charge in [-0.25, -0.2) is 9.97 Å². The first kappa shape index (κ1) is 19.0. The average Bonchev–Trinajstić information content (AvgIpc) is 2.68. The van der Waals surface area contributed by atoms with Crippen LogP contribution in [0.3, 0.4) is 0 Å². The number of methoxy groups -OCH3 is 1. The largest absolute Gasteiger partial charge is 0.495 e. The lowest BCUT2D eigenvalue weighted by Gasteiger charge is -2.11. The fourth-order valence-corrected chi connectivity index (χ4v) is 2.62. The number of ketones is 1. The Labute approximate surface area is 162 Å². The van der Waals surface area contributed by atoms with Gasteiger partial charge in [-0.2, -0.15) is 0 Å². The number of hydrogen-bond acceptors (Lipinski definition) is 6. The molecule has 0 saturated carbocycles. The minimum Gasteiger partial charge on any atom is -0.495 e. The Morgan fingerprint density at radius 2 is 1.86 bits per heavy atom. The number of hydrogen-bond donors (Lipinski definition) is 2. The van der Waals surface area contributed by atoms with Gasteiger partial charge >= 0.3 is 0 Å². The Kier molecular flexibility index (Phi) is 5.64. The Morgan fingerprint density at radius 1 is 1.04 bits per heavy atom. The number of benzene rings is 2. The van der Waals surface area contributed by atoms with Crippen LogP contribution in [0.25, 0.3) is 0 Å². The van der Waals surface area contributed by atoms with Crippen molar-refractivity contribution in [1.82, 2.24) is 9.97 Å². The molecule has 2 N–H and O–H groups in total. The monoisotopic (exact) mass is 376 g/mol. The summed E-state index contributed by atoms with van der Waals surface area (Å²) in [6, 6.07) is 14.1. The zero-order valence-corrected chi connectivity index (χ0v) is 15.8. The van der Waals surface area contributed by atoms with Gasteiger partial charge in [-0.3, -0.25) is 9.59 Å². The molecule has 1 aromatic heterocycles. The highest BCUT2D eigenvalue weighted by molar-refractivity contribution is 6.04. The first-order chi connectivity index (χ1) is 13.5. The molecule has 142 valence electrons. The molecule has 0 bridgehead atoms. The summed E-state index contributed by atoms with van der Waals surface area (Å²) in [5.74, 6) is 0.592. The molecular formula is C21H20N4O3. The van der Waals surface area contributed by atoms with E-state index in [0.717, 1.165) is 5.56 Å². The van der Waals surface area contributed by atoms with Gasteiger partial charge in [-0.05, 0) is 43.7 Å². The predicted octanol–water partition coefficient (Wildman–Crippen LogP) is 3.99. The molecule has 0 fully saturated rings. The Balaban J connectivity index is 1.79. The van der Waals surface area contributed by atoms with Crippen LogP contribution < -0.4 is 15.4 Å². The van der Waals surface area contributed by atoms with Gasteiger partial charge < -0.3 is 15.4 Å². The molecule has 28 heavy (non-hydrogen) atoms. The highest BCUT2D eigenvalue weighted by Gasteiger charge is 2.13. The molecule has 3 rings (SSSR count). The summed E-state index contributed by atoms with van der Waals surface area (Å²) in [5, 5.41) is 5.89. The lowest BCUT2D eigenvalue weighted by Crippen LogP contribution is -2.15. The number of aryl methyl sites for hydroxylation is 1. The average molecular weight is 376 g/mol. The molecule has 2 aromatic carbocycles. The van der Waals surface area contributed by atoms with Crippen LogP contribution in [0.1, 0.15) is 33.3 Å². The molecule has 1 amide bonds. The van der Waals surface area contributed by atoms with Gasteiger partial charge in [0.25, 0.3) is 5.91 Å². The van der Waals surface area contributed by atoms with Crippen LogP contribution in [-0.2, 0) is 0 Å². The van der Waals surface area contributed by atoms with Crippen molar-refractivity contribution >= 4 is 28.9 Å². The van der Waals surface area contributed by atoms with E-state index < -0.39 is 0 Å². The number of nitrogens with zero attached hydrogens (tertiary/aromatic N) is 2. The molecule has 0 spiro atoms. The second-order valence-electron chi connectivity index (χ2n) is 6.21. The maximum absolute atomic E-state index is 12.6. The van der Waals surface area contributed by atoms with Gasteiger partial charge in [0.05, 0.1) is 12.8 Å². The lowest BCUT2D eigenvalue weighted by molar-refractivity contribution is 0.101. The molecule has 0 aliphatic rings. The summed E-state index contributed by atoms with van der Waals surface area (Å²) >= 11 is 0. The third-order valence-corrected chi connectivity index (χ3v) is 4.04. The van der Waals surface area contributed by atoms with E-state index in [0.29, 0.717) is 28.5 Å². The molecule has 0 aliphatic carbocycles. The van der Waals surface area contributed by atoms with E-state index in [1.807, 2.05) is 25.1 Å². The molecule has 0 radical (unpaired) electrons. The zero-order chi connectivity index (χ0) is 20.1. The topological polar surface area (TPSA) is 93.2 Å². The number of amides is 1. The summed E-state index contributed by atoms with van der Waals surface area (Å²) in [6.07, 6.45) is 1.31. The number of anilines is 3. The minimum atomic E-state index is -0.383. The first-order valence-electron chi connectivity index (χ1n) is 8.62. The number of carbonyl (C=O) groups excluding carboxylic acids is 2. The number of carbonyl (C=O) groups is 2. The van der Waals surface area contributed by atoms with E-state index in [1.54, 1.807) is 31.4 Å². The second kappa shape index (κ2) is 8.30. The van der Waals surface area contributed by atoms with E-state index in [4.69, 9.17) is 4.74 Å². The van der Waals surface area contributed by atoms with Crippen LogP contribution in [0, 0.1) is 6.92 Å². The fraction of sp³-hybridized carbons (Fsp3) is 0.143. The van der Waals surface area contributed by atoms with Gasteiger partial charge in [-0.15, -0.1) is 0 Å². The van der Waals surface area contributed by atoms with E-state index in [1.165, 1.54) is 19.3 Å². The quantitative estimate of drug-likeness (QED) is 0.632. The highest BCUT2D eigenvalue weighted by Crippen LogP contribution is 2.26. The maximum Gasteiger partial charge on any atom is 0.274 e. The van der Waals surface area contributed by atoms with Crippen molar-refractivity contribution in [2.75, 3.05) is 17.7 Å². The number of Topliss-reactive ketones (excluding diaryl/α,β-unsaturated/α-hetero) is 1. The van der Waals surface area contributed by atoms with Gasteiger partial charge in [0.2, 0.25) is 0 Å². The molecule has 1 heterocycles. The highest BCUT2D eigenvalue weighted by atomic mass is 16.5. The molecular weight excluding hydrogens is 356 g/mol. The predicted molar refractivity (Wildman–Crippen MR) is 107 cm³/mol. The van der Waals surface area contributed by atoms with Crippen LogP contribution in [0.4, 0.5) is 17.2 Å². The van der Waals surface area contributed by atoms with Crippen molar-refractivity contribution in [3.63, 3.8) is 0 Å². The standard InChI is InChI=1S/C21H20N4O3/c1-13-7-8-19(28-3)17(9-13)25-21(27)18-11-20(23-12-22-18)24-16-6-4-5-15(10-16)14(2)26/h4-12H,1-3H3,(H,25,27)(H,22,23,24). The van der Waals surface area contributed by atoms with E-state index in [-0.39, 0.29) is 17.4 Å². The van der Waals surface area contributed by atoms with E-state index in [2.05, 4.69) is 20.6 Å². The normalized spacial score (nSPS) is 10.2. The Hall–Kier alpha value is -3.74. The van der Waals surface area contributed by atoms with Gasteiger partial charge in [-0.1, -0.05) is 18.2 Å². The molecule has 3 aromatic rings. The summed E-state index contributed by atoms with van der Waals surface area (Å²) < 4.78 is 5.28. The Morgan fingerprint density at radius 3 is 2.61 bits per heavy atom. The van der Waals surface area contributed by atoms with Crippen molar-refractivity contribution in [2.45, 2.75) is 13.8 Å². The molecule has 0 atom stereocenters. The number of rotatable bonds is 6. The minimum absolute atomic E-state index is 0.0292. The summed E-state index contributed by atoms with van der Waals surface area (Å²) in [6.45, 7) is 3.43. The van der Waals surface area contributed by atoms with Crippen molar-refractivity contribution in [2.24, 2.45) is 0 Å². The van der Waals surface area contributed by atoms with Crippen molar-refractivity contribution in [3.05, 3.63) is 71.7 Å². The first-order valence-corrected chi connectivity index (χ1v) is 8.62. The zero-order valence-electron chi connectivity index (χ0n) is 15.8. The Bertz CT molecular complexity index is 1030. The summed E-state index contributed by atoms with van der Waals surface area (Å²) in [7, 11) is 1.54. The summed E-state index contributed by atoms with van der Waals surface area (Å²) in [5.41, 5.74) is 3.03. The van der Waals surface area contributed by atoms with Gasteiger partial charge in [0.15, 0.2) is 5.78 Å². The lowest BCUT2D eigenvalue weighted by atomic mass is 10.1. The molecule has 0 saturated heterocycles. The van der Waals surface area contributed by atoms with Crippen molar-refractivity contribution in [3.8, 4) is 5.75 Å². The van der Waals surface area contributed by atoms with Gasteiger partial charge in [0, 0.05) is 17.3 Å². The van der Waals surface area contributed by atoms with Crippen LogP contribution >= 0.6 is 0 Å². The van der Waals surface area contributed by atoms with Crippen molar-refractivity contribution < 1.29 is 14.3 Å². The fourth-order valence-electron chi connectivity index (χ4n) is 2.62. The van der Waals surface area contributed by atoms with Gasteiger partial charge in [0.1, 0.15) is 23.6 Å². The van der Waals surface area contributed by atoms with Crippen LogP contribution in [0.15, 0.2) is 54.9 Å². The second-order valence-corrected chi connectivity index (χ2v) is 6.21. The third kappa shape index (κ3) is 4.50. The molecule has 7 nitrogen and oxygen atoms in total. The van der Waals surface area contributed by atoms with Crippen LogP contribution in [0.2, 0.25) is 0 Å².